The summed E-state index contributed by atoms with van der Waals surface area (Å²) in [5.74, 6) is 0.563. The van der Waals surface area contributed by atoms with Gasteiger partial charge in [-0.25, -0.2) is 9.97 Å². The number of hydrogen-bond acceptors (Lipinski definition) is 4. The van der Waals surface area contributed by atoms with E-state index in [9.17, 15) is 4.79 Å². The molecule has 0 radical (unpaired) electrons. The van der Waals surface area contributed by atoms with E-state index in [1.807, 2.05) is 38.1 Å². The Labute approximate surface area is 156 Å². The van der Waals surface area contributed by atoms with E-state index in [4.69, 9.17) is 23.2 Å². The normalized spacial score (nSPS) is 17.8. The number of carbonyl (C=O) groups excluding carboxylic acids is 1. The second kappa shape index (κ2) is 5.85. The molecule has 5 nitrogen and oxygen atoms in total. The Morgan fingerprint density at radius 3 is 2.44 bits per heavy atom. The van der Waals surface area contributed by atoms with E-state index in [1.54, 1.807) is 4.90 Å². The molecule has 1 aliphatic heterocycles. The summed E-state index contributed by atoms with van der Waals surface area (Å²) in [5.41, 5.74) is 2.21. The number of anilines is 1. The van der Waals surface area contributed by atoms with Gasteiger partial charge < -0.3 is 10.2 Å². The maximum atomic E-state index is 12.6. The van der Waals surface area contributed by atoms with Crippen molar-refractivity contribution < 1.29 is 4.79 Å². The monoisotopic (exact) mass is 376 g/mol. The van der Waals surface area contributed by atoms with Crippen LogP contribution in [0.2, 0.25) is 10.3 Å². The van der Waals surface area contributed by atoms with E-state index in [0.717, 1.165) is 24.0 Å². The van der Waals surface area contributed by atoms with Crippen molar-refractivity contribution in [3.05, 3.63) is 51.4 Å². The fourth-order valence-corrected chi connectivity index (χ4v) is 3.58. The molecule has 1 aliphatic carbocycles. The van der Waals surface area contributed by atoms with Crippen molar-refractivity contribution in [1.29, 1.82) is 0 Å². The lowest BCUT2D eigenvalue weighted by atomic mass is 10.0. The second-order valence-electron chi connectivity index (χ2n) is 6.91. The minimum Gasteiger partial charge on any atom is -0.360 e. The minimum atomic E-state index is -0.176. The lowest BCUT2D eigenvalue weighted by molar-refractivity contribution is 0.0726. The number of fused-ring (bicyclic) bond motifs is 1. The van der Waals surface area contributed by atoms with Gasteiger partial charge in [0.1, 0.15) is 11.5 Å². The quantitative estimate of drug-likeness (QED) is 0.810. The largest absolute Gasteiger partial charge is 0.360 e. The highest BCUT2D eigenvalue weighted by atomic mass is 35.5. The smallest absolute Gasteiger partial charge is 0.273 e. The first kappa shape index (κ1) is 16.6. The Morgan fingerprint density at radius 2 is 1.84 bits per heavy atom. The topological polar surface area (TPSA) is 58.1 Å². The van der Waals surface area contributed by atoms with E-state index in [2.05, 4.69) is 15.3 Å². The third kappa shape index (κ3) is 2.85. The molecule has 7 heteroatoms. The van der Waals surface area contributed by atoms with Crippen LogP contribution in [0.1, 0.15) is 48.3 Å². The van der Waals surface area contributed by atoms with Crippen LogP contribution in [0.4, 0.5) is 5.82 Å². The number of nitrogens with zero attached hydrogens (tertiary/aromatic N) is 3. The molecular weight excluding hydrogens is 359 g/mol. The van der Waals surface area contributed by atoms with Gasteiger partial charge in [0.15, 0.2) is 0 Å². The van der Waals surface area contributed by atoms with Gasteiger partial charge in [-0.1, -0.05) is 23.7 Å². The van der Waals surface area contributed by atoms with Gasteiger partial charge in [-0.15, -0.1) is 0 Å². The van der Waals surface area contributed by atoms with E-state index >= 15 is 0 Å². The zero-order valence-corrected chi connectivity index (χ0v) is 15.5. The molecule has 0 spiro atoms. The van der Waals surface area contributed by atoms with E-state index in [0.29, 0.717) is 23.1 Å². The van der Waals surface area contributed by atoms with Crippen LogP contribution in [-0.4, -0.2) is 26.8 Å². The average molecular weight is 377 g/mol. The fraction of sp³-hybridized carbons (Fsp3) is 0.389. The fourth-order valence-electron chi connectivity index (χ4n) is 3.29. The summed E-state index contributed by atoms with van der Waals surface area (Å²) >= 11 is 12.1. The van der Waals surface area contributed by atoms with Gasteiger partial charge in [-0.3, -0.25) is 4.79 Å². The molecule has 2 aliphatic rings. The minimum absolute atomic E-state index is 0.0892. The van der Waals surface area contributed by atoms with Crippen LogP contribution in [0.5, 0.6) is 0 Å². The lowest BCUT2D eigenvalue weighted by Crippen LogP contribution is -2.31. The van der Waals surface area contributed by atoms with Crippen LogP contribution in [-0.2, 0) is 12.1 Å². The first-order chi connectivity index (χ1) is 11.9. The molecule has 0 unspecified atom stereocenters. The average Bonchev–Trinajstić information content (AvgIpc) is 3.26. The molecule has 1 aromatic carbocycles. The number of hydrogen-bond donors (Lipinski definition) is 1. The Hall–Kier alpha value is -1.85. The van der Waals surface area contributed by atoms with Crippen molar-refractivity contribution in [3.8, 4) is 0 Å². The van der Waals surface area contributed by atoms with Crippen LogP contribution in [0, 0.1) is 0 Å². The van der Waals surface area contributed by atoms with Crippen molar-refractivity contribution in [2.24, 2.45) is 0 Å². The third-order valence-corrected chi connectivity index (χ3v) is 5.32. The zero-order valence-electron chi connectivity index (χ0n) is 14.0. The number of halogens is 2. The molecule has 1 amide bonds. The van der Waals surface area contributed by atoms with Crippen molar-refractivity contribution in [3.63, 3.8) is 0 Å². The van der Waals surface area contributed by atoms with Gasteiger partial charge in [0, 0.05) is 16.6 Å². The lowest BCUT2D eigenvalue weighted by Gasteiger charge is -2.21. The molecule has 2 heterocycles. The summed E-state index contributed by atoms with van der Waals surface area (Å²) < 4.78 is 0. The molecule has 0 bridgehead atoms. The molecule has 25 heavy (non-hydrogen) atoms. The Morgan fingerprint density at radius 1 is 1.16 bits per heavy atom. The summed E-state index contributed by atoms with van der Waals surface area (Å²) in [6, 6.07) is 7.92. The molecule has 1 fully saturated rings. The van der Waals surface area contributed by atoms with Crippen LogP contribution >= 0.6 is 23.2 Å². The van der Waals surface area contributed by atoms with Crippen LogP contribution in [0.3, 0.4) is 0 Å². The number of nitrogens with one attached hydrogen (secondary N) is 1. The van der Waals surface area contributed by atoms with Gasteiger partial charge in [-0.05, 0) is 56.0 Å². The van der Waals surface area contributed by atoms with Gasteiger partial charge in [0.25, 0.3) is 5.91 Å². The summed E-state index contributed by atoms with van der Waals surface area (Å²) in [4.78, 5) is 22.9. The maximum absolute atomic E-state index is 12.6. The number of rotatable bonds is 4. The standard InChI is InChI=1S/C18H18Cl2N4O/c1-10(2)24-9-13-14(16(24)25)21-17(20)22-15(13)23-18(7-8-18)11-3-5-12(19)6-4-11/h3-6,10H,7-9H2,1-2H3,(H,21,22,23). The number of aromatic nitrogens is 2. The summed E-state index contributed by atoms with van der Waals surface area (Å²) in [5, 5.41) is 4.33. The van der Waals surface area contributed by atoms with E-state index in [-0.39, 0.29) is 22.8 Å². The van der Waals surface area contributed by atoms with Gasteiger partial charge in [-0.2, -0.15) is 0 Å². The predicted octanol–water partition coefficient (Wildman–Crippen LogP) is 4.25. The molecular formula is C18H18Cl2N4O. The molecule has 0 atom stereocenters. The highest BCUT2D eigenvalue weighted by Crippen LogP contribution is 2.49. The third-order valence-electron chi connectivity index (χ3n) is 4.90. The van der Waals surface area contributed by atoms with Crippen molar-refractivity contribution >= 4 is 34.9 Å². The first-order valence-electron chi connectivity index (χ1n) is 8.31. The number of benzene rings is 1. The molecule has 2 aromatic rings. The summed E-state index contributed by atoms with van der Waals surface area (Å²) in [6.07, 6.45) is 1.99. The van der Waals surface area contributed by atoms with Crippen LogP contribution in [0.25, 0.3) is 0 Å². The maximum Gasteiger partial charge on any atom is 0.273 e. The molecule has 1 N–H and O–H groups in total. The highest BCUT2D eigenvalue weighted by molar-refractivity contribution is 6.30. The molecule has 4 rings (SSSR count). The number of carbonyl (C=O) groups is 1. The van der Waals surface area contributed by atoms with Gasteiger partial charge in [0.2, 0.25) is 5.28 Å². The zero-order chi connectivity index (χ0) is 17.8. The highest BCUT2D eigenvalue weighted by Gasteiger charge is 2.46. The van der Waals surface area contributed by atoms with Crippen molar-refractivity contribution in [2.45, 2.75) is 44.8 Å². The second-order valence-corrected chi connectivity index (χ2v) is 7.68. The Bertz CT molecular complexity index is 847. The van der Waals surface area contributed by atoms with Gasteiger partial charge in [0.05, 0.1) is 12.1 Å². The SMILES string of the molecule is CC(C)N1Cc2c(NC3(c4ccc(Cl)cc4)CC3)nc(Cl)nc2C1=O. The number of amides is 1. The van der Waals surface area contributed by atoms with Crippen LogP contribution in [0.15, 0.2) is 24.3 Å². The van der Waals surface area contributed by atoms with Crippen molar-refractivity contribution in [1.82, 2.24) is 14.9 Å². The van der Waals surface area contributed by atoms with Crippen molar-refractivity contribution in [2.75, 3.05) is 5.32 Å². The predicted molar refractivity (Wildman–Crippen MR) is 98.0 cm³/mol. The van der Waals surface area contributed by atoms with E-state index in [1.165, 1.54) is 0 Å². The van der Waals surface area contributed by atoms with E-state index < -0.39 is 0 Å². The van der Waals surface area contributed by atoms with Gasteiger partial charge >= 0.3 is 0 Å². The molecule has 1 aromatic heterocycles. The Kier molecular flexibility index (Phi) is 3.89. The Balaban J connectivity index is 1.70. The summed E-state index contributed by atoms with van der Waals surface area (Å²) in [7, 11) is 0. The van der Waals surface area contributed by atoms with Crippen LogP contribution < -0.4 is 5.32 Å². The molecule has 1 saturated carbocycles. The molecule has 130 valence electrons. The molecule has 0 saturated heterocycles. The first-order valence-corrected chi connectivity index (χ1v) is 9.07. The summed E-state index contributed by atoms with van der Waals surface area (Å²) in [6.45, 7) is 4.48.